The molecule has 2 unspecified atom stereocenters. The standard InChI is InChI=1S/C11H26N2O2/c1-10(8-14-3)13(2)11(9-15-4)6-5-7-12/h10-11H,5-9,12H2,1-4H3. The summed E-state index contributed by atoms with van der Waals surface area (Å²) in [6.07, 6.45) is 2.12. The van der Waals surface area contributed by atoms with Gasteiger partial charge in [-0.3, -0.25) is 4.90 Å². The van der Waals surface area contributed by atoms with Crippen LogP contribution in [0.5, 0.6) is 0 Å². The topological polar surface area (TPSA) is 47.7 Å². The minimum Gasteiger partial charge on any atom is -0.383 e. The first-order chi connectivity index (χ1) is 7.17. The number of likely N-dealkylation sites (N-methyl/N-ethyl adjacent to an activating group) is 1. The zero-order valence-corrected chi connectivity index (χ0v) is 10.5. The lowest BCUT2D eigenvalue weighted by molar-refractivity contribution is 0.0461. The van der Waals surface area contributed by atoms with E-state index in [9.17, 15) is 0 Å². The quantitative estimate of drug-likeness (QED) is 0.619. The normalized spacial score (nSPS) is 15.6. The maximum atomic E-state index is 5.52. The minimum atomic E-state index is 0.410. The Morgan fingerprint density at radius 2 is 1.80 bits per heavy atom. The third kappa shape index (κ3) is 6.10. The van der Waals surface area contributed by atoms with E-state index in [0.29, 0.717) is 12.1 Å². The summed E-state index contributed by atoms with van der Waals surface area (Å²) in [5, 5.41) is 0. The van der Waals surface area contributed by atoms with Crippen LogP contribution >= 0.6 is 0 Å². The zero-order chi connectivity index (χ0) is 11.7. The summed E-state index contributed by atoms with van der Waals surface area (Å²) in [5.74, 6) is 0. The second-order valence-electron chi connectivity index (χ2n) is 4.01. The smallest absolute Gasteiger partial charge is 0.0618 e. The van der Waals surface area contributed by atoms with Gasteiger partial charge >= 0.3 is 0 Å². The number of methoxy groups -OCH3 is 2. The molecule has 0 aliphatic rings. The van der Waals surface area contributed by atoms with E-state index in [2.05, 4.69) is 18.9 Å². The van der Waals surface area contributed by atoms with Crippen LogP contribution in [0.2, 0.25) is 0 Å². The number of nitrogens with zero attached hydrogens (tertiary/aromatic N) is 1. The Hall–Kier alpha value is -0.160. The van der Waals surface area contributed by atoms with Crippen molar-refractivity contribution in [2.75, 3.05) is 41.0 Å². The van der Waals surface area contributed by atoms with E-state index in [4.69, 9.17) is 15.2 Å². The van der Waals surface area contributed by atoms with Gasteiger partial charge in [0.1, 0.15) is 0 Å². The first-order valence-electron chi connectivity index (χ1n) is 5.57. The van der Waals surface area contributed by atoms with E-state index in [-0.39, 0.29) is 0 Å². The van der Waals surface area contributed by atoms with Gasteiger partial charge in [0, 0.05) is 26.3 Å². The Bertz CT molecular complexity index is 145. The summed E-state index contributed by atoms with van der Waals surface area (Å²) < 4.78 is 10.4. The summed E-state index contributed by atoms with van der Waals surface area (Å²) in [6.45, 7) is 4.41. The van der Waals surface area contributed by atoms with E-state index in [1.54, 1.807) is 14.2 Å². The molecule has 0 heterocycles. The van der Waals surface area contributed by atoms with Gasteiger partial charge in [-0.1, -0.05) is 0 Å². The van der Waals surface area contributed by atoms with Crippen LogP contribution in [-0.2, 0) is 9.47 Å². The maximum absolute atomic E-state index is 5.52. The summed E-state index contributed by atoms with van der Waals surface area (Å²) in [7, 11) is 5.59. The van der Waals surface area contributed by atoms with Gasteiger partial charge in [0.05, 0.1) is 13.2 Å². The van der Waals surface area contributed by atoms with Crippen molar-refractivity contribution in [3.05, 3.63) is 0 Å². The lowest BCUT2D eigenvalue weighted by Crippen LogP contribution is -2.43. The molecule has 0 saturated heterocycles. The molecular formula is C11H26N2O2. The summed E-state index contributed by atoms with van der Waals surface area (Å²) in [6, 6.07) is 0.844. The van der Waals surface area contributed by atoms with Crippen molar-refractivity contribution in [3.8, 4) is 0 Å². The predicted octanol–water partition coefficient (Wildman–Crippen LogP) is 0.707. The van der Waals surface area contributed by atoms with Crippen LogP contribution in [0.1, 0.15) is 19.8 Å². The number of hydrogen-bond donors (Lipinski definition) is 1. The highest BCUT2D eigenvalue weighted by molar-refractivity contribution is 4.73. The van der Waals surface area contributed by atoms with Crippen LogP contribution in [0.15, 0.2) is 0 Å². The molecule has 0 amide bonds. The van der Waals surface area contributed by atoms with Gasteiger partial charge < -0.3 is 15.2 Å². The van der Waals surface area contributed by atoms with E-state index in [1.807, 2.05) is 0 Å². The SMILES string of the molecule is COCC(C)N(C)C(CCCN)COC. The van der Waals surface area contributed by atoms with Crippen molar-refractivity contribution in [1.82, 2.24) is 4.90 Å². The Labute approximate surface area is 93.7 Å². The fraction of sp³-hybridized carbons (Fsp3) is 1.00. The highest BCUT2D eigenvalue weighted by Gasteiger charge is 2.18. The monoisotopic (exact) mass is 218 g/mol. The summed E-state index contributed by atoms with van der Waals surface area (Å²) in [4.78, 5) is 2.31. The molecule has 4 heteroatoms. The molecule has 0 rings (SSSR count). The van der Waals surface area contributed by atoms with E-state index in [1.165, 1.54) is 0 Å². The van der Waals surface area contributed by atoms with Crippen molar-refractivity contribution >= 4 is 0 Å². The van der Waals surface area contributed by atoms with Crippen molar-refractivity contribution in [2.24, 2.45) is 5.73 Å². The summed E-state index contributed by atoms with van der Waals surface area (Å²) >= 11 is 0. The fourth-order valence-corrected chi connectivity index (χ4v) is 1.67. The van der Waals surface area contributed by atoms with Gasteiger partial charge in [-0.15, -0.1) is 0 Å². The average molecular weight is 218 g/mol. The number of ether oxygens (including phenoxy) is 2. The second-order valence-corrected chi connectivity index (χ2v) is 4.01. The third-order valence-corrected chi connectivity index (χ3v) is 2.78. The number of hydrogen-bond acceptors (Lipinski definition) is 4. The molecule has 2 atom stereocenters. The molecule has 0 aromatic heterocycles. The van der Waals surface area contributed by atoms with Gasteiger partial charge in [-0.25, -0.2) is 0 Å². The van der Waals surface area contributed by atoms with Crippen LogP contribution in [0.4, 0.5) is 0 Å². The van der Waals surface area contributed by atoms with Crippen LogP contribution in [0.3, 0.4) is 0 Å². The average Bonchev–Trinajstić information content (AvgIpc) is 2.23. The minimum absolute atomic E-state index is 0.410. The van der Waals surface area contributed by atoms with Gasteiger partial charge in [0.2, 0.25) is 0 Å². The maximum Gasteiger partial charge on any atom is 0.0618 e. The number of rotatable bonds is 9. The molecule has 0 saturated carbocycles. The van der Waals surface area contributed by atoms with Crippen LogP contribution in [0, 0.1) is 0 Å². The van der Waals surface area contributed by atoms with Gasteiger partial charge in [-0.05, 0) is 33.4 Å². The van der Waals surface area contributed by atoms with E-state index < -0.39 is 0 Å². The van der Waals surface area contributed by atoms with E-state index in [0.717, 1.165) is 32.6 Å². The molecule has 0 fully saturated rings. The molecule has 0 radical (unpaired) electrons. The highest BCUT2D eigenvalue weighted by Crippen LogP contribution is 2.09. The largest absolute Gasteiger partial charge is 0.383 e. The van der Waals surface area contributed by atoms with Crippen LogP contribution in [0.25, 0.3) is 0 Å². The molecule has 2 N–H and O–H groups in total. The Morgan fingerprint density at radius 1 is 1.20 bits per heavy atom. The highest BCUT2D eigenvalue weighted by atomic mass is 16.5. The number of nitrogens with two attached hydrogens (primary N) is 1. The Kier molecular flexibility index (Phi) is 9.00. The van der Waals surface area contributed by atoms with Crippen molar-refractivity contribution < 1.29 is 9.47 Å². The fourth-order valence-electron chi connectivity index (χ4n) is 1.67. The molecule has 92 valence electrons. The molecule has 0 spiro atoms. The lowest BCUT2D eigenvalue weighted by atomic mass is 10.1. The predicted molar refractivity (Wildman–Crippen MR) is 63.1 cm³/mol. The van der Waals surface area contributed by atoms with Crippen molar-refractivity contribution in [3.63, 3.8) is 0 Å². The van der Waals surface area contributed by atoms with Crippen molar-refractivity contribution in [1.29, 1.82) is 0 Å². The van der Waals surface area contributed by atoms with Gasteiger partial charge in [-0.2, -0.15) is 0 Å². The van der Waals surface area contributed by atoms with E-state index >= 15 is 0 Å². The molecular weight excluding hydrogens is 192 g/mol. The lowest BCUT2D eigenvalue weighted by Gasteiger charge is -2.32. The first-order valence-corrected chi connectivity index (χ1v) is 5.57. The molecule has 0 aromatic carbocycles. The molecule has 0 aromatic rings. The summed E-state index contributed by atoms with van der Waals surface area (Å²) in [5.41, 5.74) is 5.52. The second kappa shape index (κ2) is 9.09. The molecule has 15 heavy (non-hydrogen) atoms. The zero-order valence-electron chi connectivity index (χ0n) is 10.5. The third-order valence-electron chi connectivity index (χ3n) is 2.78. The van der Waals surface area contributed by atoms with Gasteiger partial charge in [0.15, 0.2) is 0 Å². The molecule has 4 nitrogen and oxygen atoms in total. The van der Waals surface area contributed by atoms with Crippen LogP contribution < -0.4 is 5.73 Å². The Balaban J connectivity index is 4.06. The van der Waals surface area contributed by atoms with Crippen molar-refractivity contribution in [2.45, 2.75) is 31.8 Å². The van der Waals surface area contributed by atoms with Crippen LogP contribution in [-0.4, -0.2) is 58.0 Å². The Morgan fingerprint density at radius 3 is 2.27 bits per heavy atom. The molecule has 0 bridgehead atoms. The molecule has 0 aliphatic heterocycles. The van der Waals surface area contributed by atoms with Gasteiger partial charge in [0.25, 0.3) is 0 Å². The first kappa shape index (κ1) is 14.8. The molecule has 0 aliphatic carbocycles.